The molecule has 1 aromatic rings. The first-order valence-electron chi connectivity index (χ1n) is 5.69. The van der Waals surface area contributed by atoms with Crippen LogP contribution in [0.25, 0.3) is 0 Å². The first kappa shape index (κ1) is 13.5. The van der Waals surface area contributed by atoms with Gasteiger partial charge in [-0.1, -0.05) is 0 Å². The molecule has 7 heteroatoms. The van der Waals surface area contributed by atoms with Gasteiger partial charge >= 0.3 is 0 Å². The summed E-state index contributed by atoms with van der Waals surface area (Å²) in [7, 11) is -1.11. The Morgan fingerprint density at radius 1 is 1.61 bits per heavy atom. The van der Waals surface area contributed by atoms with Crippen molar-refractivity contribution >= 4 is 32.8 Å². The summed E-state index contributed by atoms with van der Waals surface area (Å²) in [6.07, 6.45) is 0.616. The van der Waals surface area contributed by atoms with Crippen molar-refractivity contribution in [3.63, 3.8) is 0 Å². The molecule has 0 unspecified atom stereocenters. The SMILES string of the molecule is CN(CC(=O)Nc1ccsc1)[C@H]1CCS(=O)(=O)C1. The molecule has 2 rings (SSSR count). The lowest BCUT2D eigenvalue weighted by Gasteiger charge is -2.22. The summed E-state index contributed by atoms with van der Waals surface area (Å²) in [4.78, 5) is 13.6. The molecular weight excluding hydrogens is 272 g/mol. The zero-order valence-corrected chi connectivity index (χ0v) is 11.8. The minimum atomic E-state index is -2.90. The van der Waals surface area contributed by atoms with E-state index in [4.69, 9.17) is 0 Å². The van der Waals surface area contributed by atoms with Crippen LogP contribution < -0.4 is 5.32 Å². The largest absolute Gasteiger partial charge is 0.324 e. The summed E-state index contributed by atoms with van der Waals surface area (Å²) >= 11 is 1.52. The lowest BCUT2D eigenvalue weighted by molar-refractivity contribution is -0.117. The zero-order chi connectivity index (χ0) is 13.2. The van der Waals surface area contributed by atoms with Crippen LogP contribution in [0.1, 0.15) is 6.42 Å². The van der Waals surface area contributed by atoms with E-state index in [0.29, 0.717) is 6.42 Å². The Kier molecular flexibility index (Phi) is 4.04. The van der Waals surface area contributed by atoms with Gasteiger partial charge in [0.25, 0.3) is 0 Å². The highest BCUT2D eigenvalue weighted by Gasteiger charge is 2.31. The molecule has 100 valence electrons. The molecule has 18 heavy (non-hydrogen) atoms. The minimum Gasteiger partial charge on any atom is -0.324 e. The number of nitrogens with zero attached hydrogens (tertiary/aromatic N) is 1. The van der Waals surface area contributed by atoms with Crippen LogP contribution in [0.2, 0.25) is 0 Å². The van der Waals surface area contributed by atoms with Crippen LogP contribution in [-0.2, 0) is 14.6 Å². The predicted octanol–water partition coefficient (Wildman–Crippen LogP) is 0.805. The quantitative estimate of drug-likeness (QED) is 0.890. The highest BCUT2D eigenvalue weighted by atomic mass is 32.2. The van der Waals surface area contributed by atoms with Crippen molar-refractivity contribution in [3.8, 4) is 0 Å². The second-order valence-corrected chi connectivity index (χ2v) is 7.54. The van der Waals surface area contributed by atoms with E-state index in [1.165, 1.54) is 11.3 Å². The highest BCUT2D eigenvalue weighted by molar-refractivity contribution is 7.91. The molecule has 1 aromatic heterocycles. The van der Waals surface area contributed by atoms with Gasteiger partial charge in [-0.15, -0.1) is 0 Å². The molecule has 1 amide bonds. The fourth-order valence-corrected chi connectivity index (χ4v) is 4.41. The zero-order valence-electron chi connectivity index (χ0n) is 10.1. The van der Waals surface area contributed by atoms with Gasteiger partial charge in [-0.2, -0.15) is 11.3 Å². The molecule has 0 radical (unpaired) electrons. The number of carbonyl (C=O) groups excluding carboxylic acids is 1. The fourth-order valence-electron chi connectivity index (χ4n) is 2.01. The van der Waals surface area contributed by atoms with Gasteiger partial charge < -0.3 is 5.32 Å². The van der Waals surface area contributed by atoms with Crippen LogP contribution in [0.5, 0.6) is 0 Å². The predicted molar refractivity (Wildman–Crippen MR) is 72.6 cm³/mol. The van der Waals surface area contributed by atoms with Gasteiger partial charge in [0.2, 0.25) is 5.91 Å². The van der Waals surface area contributed by atoms with Crippen molar-refractivity contribution in [2.75, 3.05) is 30.4 Å². The highest BCUT2D eigenvalue weighted by Crippen LogP contribution is 2.16. The maximum atomic E-state index is 11.7. The first-order valence-corrected chi connectivity index (χ1v) is 8.45. The molecule has 1 aliphatic heterocycles. The number of hydrogen-bond donors (Lipinski definition) is 1. The van der Waals surface area contributed by atoms with Gasteiger partial charge in [-0.25, -0.2) is 8.42 Å². The summed E-state index contributed by atoms with van der Waals surface area (Å²) in [5, 5.41) is 6.53. The molecular formula is C11H16N2O3S2. The van der Waals surface area contributed by atoms with Gasteiger partial charge in [-0.05, 0) is 24.9 Å². The van der Waals surface area contributed by atoms with E-state index < -0.39 is 9.84 Å². The van der Waals surface area contributed by atoms with Gasteiger partial charge in [0.05, 0.1) is 23.7 Å². The molecule has 1 aliphatic rings. The molecule has 0 aliphatic carbocycles. The van der Waals surface area contributed by atoms with E-state index in [9.17, 15) is 13.2 Å². The average molecular weight is 288 g/mol. The van der Waals surface area contributed by atoms with Crippen molar-refractivity contribution in [2.24, 2.45) is 0 Å². The molecule has 1 atom stereocenters. The van der Waals surface area contributed by atoms with E-state index in [-0.39, 0.29) is 30.0 Å². The molecule has 1 saturated heterocycles. The minimum absolute atomic E-state index is 0.0387. The van der Waals surface area contributed by atoms with Gasteiger partial charge in [0.1, 0.15) is 0 Å². The number of anilines is 1. The Morgan fingerprint density at radius 3 is 2.94 bits per heavy atom. The molecule has 0 spiro atoms. The number of rotatable bonds is 4. The first-order chi connectivity index (χ1) is 8.46. The lowest BCUT2D eigenvalue weighted by Crippen LogP contribution is -2.38. The summed E-state index contributed by atoms with van der Waals surface area (Å²) in [6.45, 7) is 0.218. The molecule has 2 heterocycles. The topological polar surface area (TPSA) is 66.5 Å². The standard InChI is InChI=1S/C11H16N2O3S2/c1-13(10-3-5-18(15,16)8-10)6-11(14)12-9-2-4-17-7-9/h2,4,7,10H,3,5-6,8H2,1H3,(H,12,14)/t10-/m0/s1. The maximum Gasteiger partial charge on any atom is 0.238 e. The van der Waals surface area contributed by atoms with Crippen molar-refractivity contribution in [1.29, 1.82) is 0 Å². The Labute approximate surface area is 111 Å². The van der Waals surface area contributed by atoms with Gasteiger partial charge in [-0.3, -0.25) is 9.69 Å². The van der Waals surface area contributed by atoms with Crippen LogP contribution in [0.3, 0.4) is 0 Å². The third kappa shape index (κ3) is 3.54. The van der Waals surface area contributed by atoms with Crippen LogP contribution >= 0.6 is 11.3 Å². The Morgan fingerprint density at radius 2 is 2.39 bits per heavy atom. The average Bonchev–Trinajstić information content (AvgIpc) is 2.87. The third-order valence-corrected chi connectivity index (χ3v) is 5.46. The number of hydrogen-bond acceptors (Lipinski definition) is 5. The van der Waals surface area contributed by atoms with E-state index in [1.807, 2.05) is 21.7 Å². The van der Waals surface area contributed by atoms with Gasteiger partial charge in [0.15, 0.2) is 9.84 Å². The Hall–Kier alpha value is -0.920. The van der Waals surface area contributed by atoms with Crippen molar-refractivity contribution in [1.82, 2.24) is 4.90 Å². The second kappa shape index (κ2) is 5.38. The Balaban J connectivity index is 1.84. The van der Waals surface area contributed by atoms with Crippen LogP contribution in [-0.4, -0.2) is 50.4 Å². The van der Waals surface area contributed by atoms with Crippen molar-refractivity contribution in [2.45, 2.75) is 12.5 Å². The van der Waals surface area contributed by atoms with Crippen LogP contribution in [0.4, 0.5) is 5.69 Å². The van der Waals surface area contributed by atoms with Crippen LogP contribution in [0.15, 0.2) is 16.8 Å². The van der Waals surface area contributed by atoms with Crippen molar-refractivity contribution < 1.29 is 13.2 Å². The van der Waals surface area contributed by atoms with Gasteiger partial charge in [0, 0.05) is 11.4 Å². The lowest BCUT2D eigenvalue weighted by atomic mass is 10.2. The summed E-state index contributed by atoms with van der Waals surface area (Å²) < 4.78 is 22.7. The summed E-state index contributed by atoms with van der Waals surface area (Å²) in [5.41, 5.74) is 0.789. The summed E-state index contributed by atoms with van der Waals surface area (Å²) in [6, 6.07) is 1.80. The molecule has 0 saturated carbocycles. The van der Waals surface area contributed by atoms with E-state index in [0.717, 1.165) is 5.69 Å². The smallest absolute Gasteiger partial charge is 0.238 e. The van der Waals surface area contributed by atoms with E-state index in [1.54, 1.807) is 7.05 Å². The van der Waals surface area contributed by atoms with E-state index >= 15 is 0 Å². The third-order valence-electron chi connectivity index (χ3n) is 3.03. The molecule has 5 nitrogen and oxygen atoms in total. The van der Waals surface area contributed by atoms with Crippen molar-refractivity contribution in [3.05, 3.63) is 16.8 Å². The number of sulfone groups is 1. The normalized spacial score (nSPS) is 22.2. The number of likely N-dealkylation sites (N-methyl/N-ethyl adjacent to an activating group) is 1. The molecule has 1 fully saturated rings. The monoisotopic (exact) mass is 288 g/mol. The number of nitrogens with one attached hydrogen (secondary N) is 1. The van der Waals surface area contributed by atoms with Crippen LogP contribution in [0, 0.1) is 0 Å². The molecule has 1 N–H and O–H groups in total. The maximum absolute atomic E-state index is 11.7. The molecule has 0 bridgehead atoms. The second-order valence-electron chi connectivity index (χ2n) is 4.53. The fraction of sp³-hybridized carbons (Fsp3) is 0.545. The summed E-state index contributed by atoms with van der Waals surface area (Å²) in [5.74, 6) is 0.281. The number of amides is 1. The molecule has 0 aromatic carbocycles. The Bertz CT molecular complexity index is 510. The number of carbonyl (C=O) groups is 1. The number of thiophene rings is 1. The van der Waals surface area contributed by atoms with E-state index in [2.05, 4.69) is 5.32 Å².